The minimum atomic E-state index is -0.968. The van der Waals surface area contributed by atoms with E-state index >= 15 is 0 Å². The van der Waals surface area contributed by atoms with Gasteiger partial charge in [-0.3, -0.25) is 4.79 Å². The van der Waals surface area contributed by atoms with Crippen LogP contribution in [0, 0.1) is 13.8 Å². The van der Waals surface area contributed by atoms with E-state index in [4.69, 9.17) is 15.6 Å². The summed E-state index contributed by atoms with van der Waals surface area (Å²) in [7, 11) is 0. The van der Waals surface area contributed by atoms with Gasteiger partial charge in [-0.25, -0.2) is 0 Å². The normalized spacial score (nSPS) is 11.2. The van der Waals surface area contributed by atoms with Crippen LogP contribution >= 0.6 is 0 Å². The summed E-state index contributed by atoms with van der Waals surface area (Å²) in [6.07, 6.45) is 0. The van der Waals surface area contributed by atoms with Gasteiger partial charge in [0.05, 0.1) is 6.54 Å². The first-order chi connectivity index (χ1) is 8.38. The van der Waals surface area contributed by atoms with Crippen LogP contribution in [0.4, 0.5) is 0 Å². The molecule has 0 saturated heterocycles. The molecule has 5 N–H and O–H groups in total. The first kappa shape index (κ1) is 16.4. The van der Waals surface area contributed by atoms with Crippen LogP contribution in [0.5, 0.6) is 5.75 Å². The molecule has 1 aromatic carbocycles. The highest BCUT2D eigenvalue weighted by Crippen LogP contribution is 2.22. The van der Waals surface area contributed by atoms with E-state index in [9.17, 15) is 4.79 Å². The van der Waals surface area contributed by atoms with E-state index in [0.717, 1.165) is 5.75 Å². The van der Waals surface area contributed by atoms with E-state index in [0.29, 0.717) is 6.61 Å². The summed E-state index contributed by atoms with van der Waals surface area (Å²) < 4.78 is 5.60. The molecule has 0 spiro atoms. The Morgan fingerprint density at radius 3 is 2.17 bits per heavy atom. The lowest BCUT2D eigenvalue weighted by atomic mass is 10.1. The van der Waals surface area contributed by atoms with Crippen molar-refractivity contribution in [2.24, 2.45) is 11.5 Å². The van der Waals surface area contributed by atoms with Crippen LogP contribution in [-0.2, 0) is 4.79 Å². The smallest absolute Gasteiger partial charge is 0.317 e. The summed E-state index contributed by atoms with van der Waals surface area (Å²) in [6.45, 7) is 6.33. The molecule has 1 atom stereocenters. The van der Waals surface area contributed by atoms with Gasteiger partial charge in [0.1, 0.15) is 12.4 Å². The third-order valence-corrected chi connectivity index (χ3v) is 2.07. The molecular formula is C13H22N2O3. The number of benzene rings is 1. The van der Waals surface area contributed by atoms with Gasteiger partial charge in [-0.1, -0.05) is 18.2 Å². The molecule has 0 aliphatic rings. The number of aryl methyl sites for hydroxylation is 2. The van der Waals surface area contributed by atoms with E-state index in [2.05, 4.69) is 5.73 Å². The Morgan fingerprint density at radius 1 is 1.39 bits per heavy atom. The fourth-order valence-electron chi connectivity index (χ4n) is 1.24. The van der Waals surface area contributed by atoms with Crippen LogP contribution in [-0.4, -0.2) is 30.3 Å². The maximum absolute atomic E-state index is 9.24. The largest absolute Gasteiger partial charge is 0.491 e. The molecule has 5 nitrogen and oxygen atoms in total. The predicted octanol–water partition coefficient (Wildman–Crippen LogP) is 1.06. The lowest BCUT2D eigenvalue weighted by molar-refractivity contribution is -0.135. The van der Waals surface area contributed by atoms with Crippen molar-refractivity contribution in [2.75, 3.05) is 13.2 Å². The molecule has 1 aromatic rings. The van der Waals surface area contributed by atoms with Gasteiger partial charge in [0, 0.05) is 6.04 Å². The van der Waals surface area contributed by atoms with Crippen molar-refractivity contribution in [1.82, 2.24) is 0 Å². The quantitative estimate of drug-likeness (QED) is 0.746. The minimum absolute atomic E-state index is 0.0824. The van der Waals surface area contributed by atoms with Gasteiger partial charge in [0.25, 0.3) is 0 Å². The van der Waals surface area contributed by atoms with Crippen molar-refractivity contribution < 1.29 is 14.6 Å². The molecule has 1 rings (SSSR count). The van der Waals surface area contributed by atoms with Gasteiger partial charge in [-0.2, -0.15) is 0 Å². The molecule has 102 valence electrons. The Morgan fingerprint density at radius 2 is 1.83 bits per heavy atom. The van der Waals surface area contributed by atoms with Gasteiger partial charge in [-0.05, 0) is 31.9 Å². The minimum Gasteiger partial charge on any atom is -0.491 e. The topological polar surface area (TPSA) is 98.6 Å². The van der Waals surface area contributed by atoms with Crippen LogP contribution in [0.2, 0.25) is 0 Å². The number of carboxylic acids is 1. The van der Waals surface area contributed by atoms with Crippen molar-refractivity contribution in [3.05, 3.63) is 29.3 Å². The summed E-state index contributed by atoms with van der Waals surface area (Å²) in [5.41, 5.74) is 12.5. The summed E-state index contributed by atoms with van der Waals surface area (Å²) in [5.74, 6) is 0.00444. The molecule has 0 aliphatic carbocycles. The predicted molar refractivity (Wildman–Crippen MR) is 71.8 cm³/mol. The fourth-order valence-corrected chi connectivity index (χ4v) is 1.24. The van der Waals surface area contributed by atoms with E-state index in [-0.39, 0.29) is 12.6 Å². The molecule has 0 aromatic heterocycles. The summed E-state index contributed by atoms with van der Waals surface area (Å²) in [4.78, 5) is 9.24. The zero-order chi connectivity index (χ0) is 14.1. The van der Waals surface area contributed by atoms with Crippen LogP contribution in [0.3, 0.4) is 0 Å². The highest BCUT2D eigenvalue weighted by Gasteiger charge is 2.03. The van der Waals surface area contributed by atoms with Crippen LogP contribution < -0.4 is 16.2 Å². The van der Waals surface area contributed by atoms with Gasteiger partial charge in [0.2, 0.25) is 0 Å². The lowest BCUT2D eigenvalue weighted by Crippen LogP contribution is -2.24. The molecule has 0 amide bonds. The zero-order valence-corrected chi connectivity index (χ0v) is 11.1. The van der Waals surface area contributed by atoms with Crippen molar-refractivity contribution in [2.45, 2.75) is 26.8 Å². The zero-order valence-electron chi connectivity index (χ0n) is 11.1. The van der Waals surface area contributed by atoms with E-state index < -0.39 is 5.97 Å². The van der Waals surface area contributed by atoms with E-state index in [1.807, 2.05) is 39.0 Å². The molecule has 1 unspecified atom stereocenters. The number of hydrogen-bond donors (Lipinski definition) is 3. The van der Waals surface area contributed by atoms with E-state index in [1.165, 1.54) is 11.1 Å². The van der Waals surface area contributed by atoms with Crippen molar-refractivity contribution in [1.29, 1.82) is 0 Å². The molecule has 0 bridgehead atoms. The number of para-hydroxylation sites is 1. The standard InChI is InChI=1S/C11H17NO.C2H5NO2/c1-8-5-4-6-9(2)11(8)13-7-10(3)12;3-1-2(4)5/h4-6,10H,7,12H2,1-3H3;1,3H2,(H,4,5). The summed E-state index contributed by atoms with van der Waals surface area (Å²) in [6, 6.07) is 6.20. The third kappa shape index (κ3) is 6.88. The molecule has 0 radical (unpaired) electrons. The molecule has 0 heterocycles. The third-order valence-electron chi connectivity index (χ3n) is 2.07. The number of aliphatic carboxylic acids is 1. The second kappa shape index (κ2) is 8.49. The van der Waals surface area contributed by atoms with Crippen molar-refractivity contribution in [3.63, 3.8) is 0 Å². The second-order valence-corrected chi connectivity index (χ2v) is 4.11. The number of rotatable bonds is 4. The van der Waals surface area contributed by atoms with Gasteiger partial charge in [0.15, 0.2) is 0 Å². The maximum Gasteiger partial charge on any atom is 0.317 e. The number of hydrogen-bond acceptors (Lipinski definition) is 4. The van der Waals surface area contributed by atoms with E-state index in [1.54, 1.807) is 0 Å². The second-order valence-electron chi connectivity index (χ2n) is 4.11. The Labute approximate surface area is 108 Å². The number of nitrogens with two attached hydrogens (primary N) is 2. The van der Waals surface area contributed by atoms with Crippen LogP contribution in [0.25, 0.3) is 0 Å². The first-order valence-corrected chi connectivity index (χ1v) is 5.75. The number of carboxylic acid groups (broad SMARTS) is 1. The Balaban J connectivity index is 0.000000494. The average molecular weight is 254 g/mol. The molecule has 0 fully saturated rings. The van der Waals surface area contributed by atoms with Crippen LogP contribution in [0.15, 0.2) is 18.2 Å². The average Bonchev–Trinajstić information content (AvgIpc) is 2.28. The first-order valence-electron chi connectivity index (χ1n) is 5.75. The summed E-state index contributed by atoms with van der Waals surface area (Å²) in [5, 5.41) is 7.60. The molecule has 0 aliphatic heterocycles. The van der Waals surface area contributed by atoms with Crippen LogP contribution in [0.1, 0.15) is 18.1 Å². The van der Waals surface area contributed by atoms with Gasteiger partial charge < -0.3 is 21.3 Å². The number of ether oxygens (including phenoxy) is 1. The molecular weight excluding hydrogens is 232 g/mol. The van der Waals surface area contributed by atoms with Gasteiger partial charge in [-0.15, -0.1) is 0 Å². The Bertz CT molecular complexity index is 358. The maximum atomic E-state index is 9.24. The SMILES string of the molecule is Cc1cccc(C)c1OCC(C)N.NCC(=O)O. The Hall–Kier alpha value is -1.59. The molecule has 18 heavy (non-hydrogen) atoms. The summed E-state index contributed by atoms with van der Waals surface area (Å²) >= 11 is 0. The van der Waals surface area contributed by atoms with Crippen molar-refractivity contribution in [3.8, 4) is 5.75 Å². The molecule has 5 heteroatoms. The highest BCUT2D eigenvalue weighted by molar-refractivity contribution is 5.68. The lowest BCUT2D eigenvalue weighted by Gasteiger charge is -2.13. The molecule has 0 saturated carbocycles. The number of carbonyl (C=O) groups is 1. The Kier molecular flexibility index (Phi) is 7.74. The highest BCUT2D eigenvalue weighted by atomic mass is 16.5. The van der Waals surface area contributed by atoms with Gasteiger partial charge >= 0.3 is 5.97 Å². The monoisotopic (exact) mass is 254 g/mol. The fraction of sp³-hybridized carbons (Fsp3) is 0.462. The van der Waals surface area contributed by atoms with Crippen molar-refractivity contribution >= 4 is 5.97 Å².